The van der Waals surface area contributed by atoms with Gasteiger partial charge in [0.15, 0.2) is 17.3 Å². The summed E-state index contributed by atoms with van der Waals surface area (Å²) in [6.45, 7) is 0. The lowest BCUT2D eigenvalue weighted by Gasteiger charge is -2.16. The molecule has 0 fully saturated rings. The molecule has 1 aliphatic carbocycles. The zero-order valence-corrected chi connectivity index (χ0v) is 12.7. The van der Waals surface area contributed by atoms with Gasteiger partial charge in [0.25, 0.3) is 5.24 Å². The summed E-state index contributed by atoms with van der Waals surface area (Å²) in [4.78, 5) is 35.7. The third-order valence-corrected chi connectivity index (χ3v) is 3.51. The first-order valence-electron chi connectivity index (χ1n) is 6.73. The fourth-order valence-corrected chi connectivity index (χ4v) is 2.32. The molecule has 1 unspecified atom stereocenters. The lowest BCUT2D eigenvalue weighted by molar-refractivity contribution is -0.120. The van der Waals surface area contributed by atoms with Crippen molar-refractivity contribution in [3.8, 4) is 5.75 Å². The summed E-state index contributed by atoms with van der Waals surface area (Å²) in [6.07, 6.45) is 5.57. The van der Waals surface area contributed by atoms with Gasteiger partial charge in [-0.1, -0.05) is 30.4 Å². The molecule has 0 spiro atoms. The summed E-state index contributed by atoms with van der Waals surface area (Å²) in [5, 5.41) is 17.9. The van der Waals surface area contributed by atoms with Gasteiger partial charge in [-0.2, -0.15) is 0 Å². The van der Waals surface area contributed by atoms with Gasteiger partial charge in [0.2, 0.25) is 0 Å². The van der Waals surface area contributed by atoms with Crippen LogP contribution in [0.15, 0.2) is 59.9 Å². The van der Waals surface area contributed by atoms with Crippen molar-refractivity contribution in [2.24, 2.45) is 5.92 Å². The highest BCUT2D eigenvalue weighted by Crippen LogP contribution is 2.24. The van der Waals surface area contributed by atoms with E-state index in [9.17, 15) is 24.6 Å². The Morgan fingerprint density at radius 3 is 2.35 bits per heavy atom. The molecule has 6 heteroatoms. The molecular formula is C17H13ClO5. The van der Waals surface area contributed by atoms with E-state index in [0.717, 1.165) is 0 Å². The topological polar surface area (TPSA) is 91.7 Å². The van der Waals surface area contributed by atoms with Gasteiger partial charge in [0.1, 0.15) is 5.75 Å². The van der Waals surface area contributed by atoms with Crippen LogP contribution in [0, 0.1) is 5.92 Å². The van der Waals surface area contributed by atoms with Crippen LogP contribution in [0.25, 0.3) is 0 Å². The number of hydrogen-bond donors (Lipinski definition) is 2. The SMILES string of the molecule is O=C(Cl)C(O)=C(C(=O)Cc1ccc(O)cc1)C1C=CC=CC1=O. The molecule has 0 amide bonds. The molecular weight excluding hydrogens is 320 g/mol. The number of allylic oxidation sites excluding steroid dienone is 6. The van der Waals surface area contributed by atoms with Gasteiger partial charge in [-0.15, -0.1) is 0 Å². The molecule has 1 aromatic rings. The summed E-state index contributed by atoms with van der Waals surface area (Å²) < 4.78 is 0. The maximum absolute atomic E-state index is 12.5. The Labute approximate surface area is 137 Å². The number of hydrogen-bond acceptors (Lipinski definition) is 5. The largest absolute Gasteiger partial charge is 0.508 e. The smallest absolute Gasteiger partial charge is 0.287 e. The number of ketones is 2. The minimum atomic E-state index is -1.20. The molecule has 1 aromatic carbocycles. The van der Waals surface area contributed by atoms with Crippen molar-refractivity contribution in [1.82, 2.24) is 0 Å². The van der Waals surface area contributed by atoms with Crippen LogP contribution in [0.5, 0.6) is 5.75 Å². The first-order chi connectivity index (χ1) is 10.9. The van der Waals surface area contributed by atoms with Crippen molar-refractivity contribution in [1.29, 1.82) is 0 Å². The molecule has 1 atom stereocenters. The van der Waals surface area contributed by atoms with Crippen LogP contribution >= 0.6 is 11.6 Å². The van der Waals surface area contributed by atoms with Crippen LogP contribution in [0.4, 0.5) is 0 Å². The third-order valence-electron chi connectivity index (χ3n) is 3.34. The van der Waals surface area contributed by atoms with E-state index in [1.54, 1.807) is 6.08 Å². The lowest BCUT2D eigenvalue weighted by Crippen LogP contribution is -2.24. The van der Waals surface area contributed by atoms with Crippen molar-refractivity contribution in [3.05, 3.63) is 65.5 Å². The molecule has 2 N–H and O–H groups in total. The molecule has 118 valence electrons. The Bertz CT molecular complexity index is 741. The molecule has 0 aromatic heterocycles. The lowest BCUT2D eigenvalue weighted by atomic mass is 9.86. The molecule has 1 aliphatic rings. The zero-order chi connectivity index (χ0) is 17.0. The van der Waals surface area contributed by atoms with Crippen molar-refractivity contribution in [3.63, 3.8) is 0 Å². The summed E-state index contributed by atoms with van der Waals surface area (Å²) in [6, 6.07) is 5.88. The normalized spacial score (nSPS) is 17.8. The predicted octanol–water partition coefficient (Wildman–Crippen LogP) is 2.39. The maximum atomic E-state index is 12.5. The number of carbonyl (C=O) groups is 3. The van der Waals surface area contributed by atoms with Gasteiger partial charge in [0.05, 0.1) is 11.5 Å². The number of rotatable bonds is 5. The Morgan fingerprint density at radius 1 is 1.13 bits per heavy atom. The second kappa shape index (κ2) is 7.07. The van der Waals surface area contributed by atoms with E-state index in [2.05, 4.69) is 0 Å². The van der Waals surface area contributed by atoms with Gasteiger partial charge < -0.3 is 10.2 Å². The number of phenolic OH excluding ortho intramolecular Hbond substituents is 1. The molecule has 23 heavy (non-hydrogen) atoms. The van der Waals surface area contributed by atoms with Crippen LogP contribution in [-0.2, 0) is 20.8 Å². The van der Waals surface area contributed by atoms with Crippen LogP contribution in [-0.4, -0.2) is 27.0 Å². The molecule has 0 aliphatic heterocycles. The monoisotopic (exact) mass is 332 g/mol. The van der Waals surface area contributed by atoms with Crippen LogP contribution < -0.4 is 0 Å². The van der Waals surface area contributed by atoms with Gasteiger partial charge in [-0.25, -0.2) is 0 Å². The number of phenols is 1. The van der Waals surface area contributed by atoms with Gasteiger partial charge in [0, 0.05) is 6.42 Å². The molecule has 2 rings (SSSR count). The standard InChI is InChI=1S/C17H13ClO5/c18-17(23)16(22)15(12-3-1-2-4-13(12)20)14(21)9-10-5-7-11(19)8-6-10/h1-8,12,19,22H,9H2. The summed E-state index contributed by atoms with van der Waals surface area (Å²) >= 11 is 5.27. The molecule has 0 bridgehead atoms. The highest BCUT2D eigenvalue weighted by atomic mass is 35.5. The summed E-state index contributed by atoms with van der Waals surface area (Å²) in [5.74, 6) is -2.95. The van der Waals surface area contributed by atoms with E-state index < -0.39 is 28.5 Å². The van der Waals surface area contributed by atoms with Crippen molar-refractivity contribution >= 4 is 28.4 Å². The third kappa shape index (κ3) is 3.96. The summed E-state index contributed by atoms with van der Waals surface area (Å²) in [7, 11) is 0. The van der Waals surface area contributed by atoms with Crippen molar-refractivity contribution in [2.75, 3.05) is 0 Å². The van der Waals surface area contributed by atoms with Crippen LogP contribution in [0.1, 0.15) is 5.56 Å². The number of aliphatic hydroxyl groups excluding tert-OH is 1. The first kappa shape index (κ1) is 16.7. The minimum absolute atomic E-state index is 0.0475. The Balaban J connectivity index is 2.36. The molecule has 0 saturated carbocycles. The van der Waals surface area contributed by atoms with E-state index in [1.165, 1.54) is 42.5 Å². The second-order valence-electron chi connectivity index (χ2n) is 4.93. The van der Waals surface area contributed by atoms with Crippen molar-refractivity contribution in [2.45, 2.75) is 6.42 Å². The second-order valence-corrected chi connectivity index (χ2v) is 5.27. The fraction of sp³-hybridized carbons (Fsp3) is 0.118. The number of halogens is 1. The van der Waals surface area contributed by atoms with E-state index in [-0.39, 0.29) is 17.7 Å². The van der Waals surface area contributed by atoms with E-state index in [4.69, 9.17) is 11.6 Å². The number of aromatic hydroxyl groups is 1. The van der Waals surface area contributed by atoms with Gasteiger partial charge in [-0.05, 0) is 35.4 Å². The van der Waals surface area contributed by atoms with Crippen LogP contribution in [0.3, 0.4) is 0 Å². The number of carbonyl (C=O) groups excluding carboxylic acids is 3. The molecule has 5 nitrogen and oxygen atoms in total. The fourth-order valence-electron chi connectivity index (χ4n) is 2.22. The summed E-state index contributed by atoms with van der Waals surface area (Å²) in [5.41, 5.74) is 0.228. The van der Waals surface area contributed by atoms with Crippen molar-refractivity contribution < 1.29 is 24.6 Å². The zero-order valence-electron chi connectivity index (χ0n) is 11.9. The Kier molecular flexibility index (Phi) is 5.13. The van der Waals surface area contributed by atoms with Gasteiger partial charge >= 0.3 is 0 Å². The predicted molar refractivity (Wildman–Crippen MR) is 84.1 cm³/mol. The average molecular weight is 333 g/mol. The Morgan fingerprint density at radius 2 is 1.78 bits per heavy atom. The van der Waals surface area contributed by atoms with Gasteiger partial charge in [-0.3, -0.25) is 14.4 Å². The maximum Gasteiger partial charge on any atom is 0.287 e. The quantitative estimate of drug-likeness (QED) is 0.491. The molecule has 0 saturated heterocycles. The van der Waals surface area contributed by atoms with Crippen LogP contribution in [0.2, 0.25) is 0 Å². The van der Waals surface area contributed by atoms with E-state index in [0.29, 0.717) is 5.56 Å². The Hall–Kier alpha value is -2.66. The number of aliphatic hydroxyl groups is 1. The molecule has 0 radical (unpaired) electrons. The number of benzene rings is 1. The minimum Gasteiger partial charge on any atom is -0.508 e. The highest BCUT2D eigenvalue weighted by Gasteiger charge is 2.30. The van der Waals surface area contributed by atoms with E-state index >= 15 is 0 Å². The highest BCUT2D eigenvalue weighted by molar-refractivity contribution is 6.67. The van der Waals surface area contributed by atoms with E-state index in [1.807, 2.05) is 0 Å². The number of Topliss-reactive ketones (excluding diaryl/α,β-unsaturated/α-hetero) is 1. The average Bonchev–Trinajstić information content (AvgIpc) is 2.51. The molecule has 0 heterocycles. The first-order valence-corrected chi connectivity index (χ1v) is 7.10.